The summed E-state index contributed by atoms with van der Waals surface area (Å²) in [4.78, 5) is 0. The average Bonchev–Trinajstić information content (AvgIpc) is 2.96. The summed E-state index contributed by atoms with van der Waals surface area (Å²) in [6.07, 6.45) is 2.13. The molecule has 0 unspecified atom stereocenters. The number of fused-ring (bicyclic) bond motifs is 4. The van der Waals surface area contributed by atoms with Gasteiger partial charge in [-0.2, -0.15) is 0 Å². The molecule has 0 radical (unpaired) electrons. The fraction of sp³-hybridized carbons (Fsp3) is 0.0909. The van der Waals surface area contributed by atoms with Gasteiger partial charge in [0, 0.05) is 28.1 Å². The third-order valence-corrected chi connectivity index (χ3v) is 4.86. The molecule has 0 saturated carbocycles. The summed E-state index contributed by atoms with van der Waals surface area (Å²) in [6, 6.07) is 23.6. The van der Waals surface area contributed by atoms with E-state index in [0.717, 1.165) is 11.4 Å². The first kappa shape index (κ1) is 13.4. The molecule has 116 valence electrons. The van der Waals surface area contributed by atoms with Crippen molar-refractivity contribution in [3.8, 4) is 11.4 Å². The number of hydrogen-bond donors (Lipinski definition) is 0. The fourth-order valence-electron chi connectivity index (χ4n) is 3.66. The Morgan fingerprint density at radius 2 is 1.50 bits per heavy atom. The van der Waals surface area contributed by atoms with Crippen molar-refractivity contribution in [2.45, 2.75) is 6.92 Å². The minimum Gasteiger partial charge on any atom is -0.489 e. The second kappa shape index (κ2) is 5.00. The zero-order valence-corrected chi connectivity index (χ0v) is 13.5. The van der Waals surface area contributed by atoms with Crippen molar-refractivity contribution in [1.29, 1.82) is 0 Å². The molecule has 4 aromatic rings. The summed E-state index contributed by atoms with van der Waals surface area (Å²) < 4.78 is 8.19. The molecule has 1 aromatic heterocycles. The van der Waals surface area contributed by atoms with Crippen LogP contribution in [0, 0.1) is 0 Å². The molecule has 0 atom stereocenters. The number of para-hydroxylation sites is 2. The molecular formula is C22H17NO. The van der Waals surface area contributed by atoms with Crippen molar-refractivity contribution in [3.05, 3.63) is 78.4 Å². The van der Waals surface area contributed by atoms with E-state index in [2.05, 4.69) is 84.3 Å². The number of benzene rings is 3. The summed E-state index contributed by atoms with van der Waals surface area (Å²) in [5.41, 5.74) is 6.06. The minimum absolute atomic E-state index is 0.648. The number of aromatic nitrogens is 1. The number of ether oxygens (including phenoxy) is 1. The Bertz CT molecular complexity index is 1060. The van der Waals surface area contributed by atoms with E-state index in [4.69, 9.17) is 4.74 Å². The Morgan fingerprint density at radius 1 is 0.833 bits per heavy atom. The molecule has 0 aliphatic carbocycles. The molecule has 0 saturated heterocycles. The number of rotatable bonds is 1. The largest absolute Gasteiger partial charge is 0.489 e. The Hall–Kier alpha value is -3.00. The normalized spacial score (nSPS) is 13.6. The van der Waals surface area contributed by atoms with Crippen molar-refractivity contribution in [2.75, 3.05) is 6.61 Å². The maximum atomic E-state index is 5.87. The molecule has 0 N–H and O–H groups in total. The summed E-state index contributed by atoms with van der Waals surface area (Å²) >= 11 is 0. The van der Waals surface area contributed by atoms with Crippen molar-refractivity contribution < 1.29 is 4.74 Å². The number of allylic oxidation sites excluding steroid dienone is 1. The van der Waals surface area contributed by atoms with Gasteiger partial charge in [0.25, 0.3) is 0 Å². The third kappa shape index (κ3) is 1.83. The first-order valence-corrected chi connectivity index (χ1v) is 8.25. The van der Waals surface area contributed by atoms with Crippen LogP contribution in [0.4, 0.5) is 0 Å². The predicted octanol–water partition coefficient (Wildman–Crippen LogP) is 5.58. The summed E-state index contributed by atoms with van der Waals surface area (Å²) in [5.74, 6) is 0.967. The van der Waals surface area contributed by atoms with E-state index in [9.17, 15) is 0 Å². The first-order chi connectivity index (χ1) is 11.8. The van der Waals surface area contributed by atoms with Crippen LogP contribution in [0.25, 0.3) is 33.1 Å². The second-order valence-electron chi connectivity index (χ2n) is 6.25. The zero-order chi connectivity index (χ0) is 16.1. The van der Waals surface area contributed by atoms with Crippen LogP contribution in [0.5, 0.6) is 5.75 Å². The van der Waals surface area contributed by atoms with Gasteiger partial charge in [-0.05, 0) is 42.8 Å². The molecule has 0 bridgehead atoms. The van der Waals surface area contributed by atoms with E-state index >= 15 is 0 Å². The molecule has 2 nitrogen and oxygen atoms in total. The van der Waals surface area contributed by atoms with Crippen LogP contribution in [0.15, 0.2) is 72.8 Å². The molecule has 2 heteroatoms. The maximum Gasteiger partial charge on any atom is 0.129 e. The van der Waals surface area contributed by atoms with Gasteiger partial charge in [0.1, 0.15) is 12.4 Å². The highest BCUT2D eigenvalue weighted by Gasteiger charge is 2.15. The Labute approximate surface area is 140 Å². The van der Waals surface area contributed by atoms with Gasteiger partial charge in [-0.25, -0.2) is 0 Å². The van der Waals surface area contributed by atoms with E-state index in [1.54, 1.807) is 0 Å². The van der Waals surface area contributed by atoms with E-state index in [0.29, 0.717) is 6.61 Å². The molecule has 0 fully saturated rings. The van der Waals surface area contributed by atoms with Crippen LogP contribution < -0.4 is 4.74 Å². The molecule has 0 spiro atoms. The standard InChI is InChI=1S/C22H17NO/c1-15-12-13-24-22-14-16(10-11-17(15)22)23-20-8-4-2-6-18(20)19-7-3-5-9-21(19)23/h2-12,14H,13H2,1H3. The molecular weight excluding hydrogens is 294 g/mol. The summed E-state index contributed by atoms with van der Waals surface area (Å²) in [6.45, 7) is 2.79. The lowest BCUT2D eigenvalue weighted by Gasteiger charge is -2.18. The van der Waals surface area contributed by atoms with Crippen molar-refractivity contribution in [1.82, 2.24) is 4.57 Å². The molecule has 0 amide bonds. The molecule has 24 heavy (non-hydrogen) atoms. The smallest absolute Gasteiger partial charge is 0.129 e. The predicted molar refractivity (Wildman–Crippen MR) is 99.9 cm³/mol. The van der Waals surface area contributed by atoms with E-state index in [-0.39, 0.29) is 0 Å². The second-order valence-corrected chi connectivity index (χ2v) is 6.25. The van der Waals surface area contributed by atoms with Crippen LogP contribution in [0.1, 0.15) is 12.5 Å². The van der Waals surface area contributed by atoms with Crippen molar-refractivity contribution in [3.63, 3.8) is 0 Å². The molecule has 3 aromatic carbocycles. The monoisotopic (exact) mass is 311 g/mol. The number of hydrogen-bond acceptors (Lipinski definition) is 1. The van der Waals surface area contributed by atoms with Crippen LogP contribution >= 0.6 is 0 Å². The van der Waals surface area contributed by atoms with E-state index in [1.165, 1.54) is 32.9 Å². The quantitative estimate of drug-likeness (QED) is 0.447. The van der Waals surface area contributed by atoms with Crippen LogP contribution in [0.2, 0.25) is 0 Å². The van der Waals surface area contributed by atoms with Gasteiger partial charge in [0.15, 0.2) is 0 Å². The molecule has 1 aliphatic heterocycles. The van der Waals surface area contributed by atoms with Gasteiger partial charge >= 0.3 is 0 Å². The minimum atomic E-state index is 0.648. The lowest BCUT2D eigenvalue weighted by Crippen LogP contribution is -2.04. The summed E-state index contributed by atoms with van der Waals surface area (Å²) in [5, 5.41) is 2.56. The third-order valence-electron chi connectivity index (χ3n) is 4.86. The maximum absolute atomic E-state index is 5.87. The Balaban J connectivity index is 1.84. The zero-order valence-electron chi connectivity index (χ0n) is 13.5. The van der Waals surface area contributed by atoms with Gasteiger partial charge in [-0.3, -0.25) is 0 Å². The highest BCUT2D eigenvalue weighted by molar-refractivity contribution is 6.09. The average molecular weight is 311 g/mol. The highest BCUT2D eigenvalue weighted by Crippen LogP contribution is 2.36. The fourth-order valence-corrected chi connectivity index (χ4v) is 3.66. The SMILES string of the molecule is CC1=CCOc2cc(-n3c4ccccc4c4ccccc43)ccc21. The van der Waals surface area contributed by atoms with E-state index < -0.39 is 0 Å². The van der Waals surface area contributed by atoms with Gasteiger partial charge in [-0.1, -0.05) is 36.4 Å². The van der Waals surface area contributed by atoms with Crippen molar-refractivity contribution >= 4 is 27.4 Å². The first-order valence-electron chi connectivity index (χ1n) is 8.25. The molecule has 1 aliphatic rings. The summed E-state index contributed by atoms with van der Waals surface area (Å²) in [7, 11) is 0. The lowest BCUT2D eigenvalue weighted by atomic mass is 10.0. The molecule has 5 rings (SSSR count). The van der Waals surface area contributed by atoms with E-state index in [1.807, 2.05) is 0 Å². The van der Waals surface area contributed by atoms with Gasteiger partial charge in [0.2, 0.25) is 0 Å². The van der Waals surface area contributed by atoms with Crippen LogP contribution in [0.3, 0.4) is 0 Å². The Morgan fingerprint density at radius 3 is 2.21 bits per heavy atom. The van der Waals surface area contributed by atoms with Gasteiger partial charge in [-0.15, -0.1) is 0 Å². The van der Waals surface area contributed by atoms with Crippen LogP contribution in [-0.4, -0.2) is 11.2 Å². The number of nitrogens with zero attached hydrogens (tertiary/aromatic N) is 1. The Kier molecular flexibility index (Phi) is 2.80. The molecule has 2 heterocycles. The van der Waals surface area contributed by atoms with Crippen molar-refractivity contribution in [2.24, 2.45) is 0 Å². The topological polar surface area (TPSA) is 14.2 Å². The van der Waals surface area contributed by atoms with Gasteiger partial charge in [0.05, 0.1) is 11.0 Å². The lowest BCUT2D eigenvalue weighted by molar-refractivity contribution is 0.357. The van der Waals surface area contributed by atoms with Crippen LogP contribution in [-0.2, 0) is 0 Å². The highest BCUT2D eigenvalue weighted by atomic mass is 16.5. The van der Waals surface area contributed by atoms with Gasteiger partial charge < -0.3 is 9.30 Å².